The van der Waals surface area contributed by atoms with Crippen LogP contribution in [0.15, 0.2) is 24.3 Å². The summed E-state index contributed by atoms with van der Waals surface area (Å²) in [5, 5.41) is 11.9. The first-order valence-electron chi connectivity index (χ1n) is 6.57. The van der Waals surface area contributed by atoms with Gasteiger partial charge in [0.1, 0.15) is 0 Å². The maximum atomic E-state index is 12.0. The number of anilines is 1. The molecule has 1 aliphatic rings. The summed E-state index contributed by atoms with van der Waals surface area (Å²) in [5.74, 6) is -0.612. The minimum Gasteiger partial charge on any atom is -0.396 e. The predicted molar refractivity (Wildman–Crippen MR) is 76.6 cm³/mol. The number of hydrogen-bond donors (Lipinski definition) is 2. The van der Waals surface area contributed by atoms with Crippen LogP contribution in [0.3, 0.4) is 0 Å². The molecule has 108 valence electrons. The van der Waals surface area contributed by atoms with E-state index in [4.69, 9.17) is 16.7 Å². The average molecular weight is 297 g/mol. The lowest BCUT2D eigenvalue weighted by Crippen LogP contribution is -2.33. The number of amides is 2. The molecule has 0 aliphatic carbocycles. The molecular weight excluding hydrogens is 280 g/mol. The Bertz CT molecular complexity index is 507. The Labute approximate surface area is 122 Å². The van der Waals surface area contributed by atoms with Crippen molar-refractivity contribution in [1.82, 2.24) is 5.32 Å². The van der Waals surface area contributed by atoms with Crippen molar-refractivity contribution in [3.05, 3.63) is 29.3 Å². The fourth-order valence-electron chi connectivity index (χ4n) is 2.22. The van der Waals surface area contributed by atoms with E-state index in [1.807, 2.05) is 6.07 Å². The minimum atomic E-state index is -0.363. The third kappa shape index (κ3) is 3.29. The molecule has 1 atom stereocenters. The van der Waals surface area contributed by atoms with Crippen LogP contribution in [-0.2, 0) is 9.59 Å². The summed E-state index contributed by atoms with van der Waals surface area (Å²) in [7, 11) is 0. The number of nitrogens with zero attached hydrogens (tertiary/aromatic N) is 1. The smallest absolute Gasteiger partial charge is 0.227 e. The highest BCUT2D eigenvalue weighted by atomic mass is 35.5. The molecule has 1 fully saturated rings. The minimum absolute atomic E-state index is 0.0373. The Hall–Kier alpha value is -1.59. The van der Waals surface area contributed by atoms with Crippen molar-refractivity contribution in [3.8, 4) is 0 Å². The van der Waals surface area contributed by atoms with Crippen LogP contribution < -0.4 is 10.2 Å². The second-order valence-corrected chi connectivity index (χ2v) is 5.13. The van der Waals surface area contributed by atoms with Crippen LogP contribution in [0.2, 0.25) is 5.02 Å². The summed E-state index contributed by atoms with van der Waals surface area (Å²) in [6.07, 6.45) is 0.705. The van der Waals surface area contributed by atoms with Crippen LogP contribution in [0.1, 0.15) is 12.8 Å². The fraction of sp³-hybridized carbons (Fsp3) is 0.429. The lowest BCUT2D eigenvalue weighted by atomic mass is 10.1. The number of hydrogen-bond acceptors (Lipinski definition) is 3. The van der Waals surface area contributed by atoms with E-state index in [2.05, 4.69) is 5.32 Å². The molecule has 20 heavy (non-hydrogen) atoms. The first-order chi connectivity index (χ1) is 9.63. The van der Waals surface area contributed by atoms with E-state index in [0.717, 1.165) is 0 Å². The van der Waals surface area contributed by atoms with E-state index in [9.17, 15) is 9.59 Å². The average Bonchev–Trinajstić information content (AvgIpc) is 2.81. The van der Waals surface area contributed by atoms with Gasteiger partial charge in [-0.3, -0.25) is 9.59 Å². The molecule has 2 N–H and O–H groups in total. The zero-order valence-electron chi connectivity index (χ0n) is 11.0. The maximum absolute atomic E-state index is 12.0. The molecule has 1 aromatic carbocycles. The van der Waals surface area contributed by atoms with Crippen molar-refractivity contribution in [2.75, 3.05) is 24.6 Å². The molecule has 0 bridgehead atoms. The highest BCUT2D eigenvalue weighted by molar-refractivity contribution is 6.33. The van der Waals surface area contributed by atoms with E-state index in [-0.39, 0.29) is 30.8 Å². The predicted octanol–water partition coefficient (Wildman–Crippen LogP) is 1.19. The van der Waals surface area contributed by atoms with Gasteiger partial charge in [0, 0.05) is 26.1 Å². The van der Waals surface area contributed by atoms with Crippen molar-refractivity contribution in [1.29, 1.82) is 0 Å². The van der Waals surface area contributed by atoms with Gasteiger partial charge in [-0.25, -0.2) is 0 Å². The molecule has 0 aromatic heterocycles. The summed E-state index contributed by atoms with van der Waals surface area (Å²) < 4.78 is 0. The van der Waals surface area contributed by atoms with Crippen LogP contribution in [0.25, 0.3) is 0 Å². The van der Waals surface area contributed by atoms with Gasteiger partial charge in [0.2, 0.25) is 11.8 Å². The van der Waals surface area contributed by atoms with Crippen LogP contribution in [0.4, 0.5) is 5.69 Å². The largest absolute Gasteiger partial charge is 0.396 e. The molecule has 1 aliphatic heterocycles. The molecule has 1 saturated heterocycles. The molecule has 6 heteroatoms. The molecule has 1 heterocycles. The Kier molecular flexibility index (Phi) is 4.98. The molecule has 2 amide bonds. The molecule has 0 spiro atoms. The highest BCUT2D eigenvalue weighted by Crippen LogP contribution is 2.30. The van der Waals surface area contributed by atoms with Gasteiger partial charge in [0.05, 0.1) is 16.6 Å². The molecule has 0 saturated carbocycles. The fourth-order valence-corrected chi connectivity index (χ4v) is 2.46. The number of halogens is 1. The molecule has 0 radical (unpaired) electrons. The third-order valence-corrected chi connectivity index (χ3v) is 3.59. The van der Waals surface area contributed by atoms with Gasteiger partial charge < -0.3 is 15.3 Å². The number of rotatable bonds is 5. The molecule has 1 aromatic rings. The third-order valence-electron chi connectivity index (χ3n) is 3.27. The maximum Gasteiger partial charge on any atom is 0.227 e. The Morgan fingerprint density at radius 2 is 2.20 bits per heavy atom. The molecular formula is C14H17ClN2O3. The summed E-state index contributed by atoms with van der Waals surface area (Å²) in [6.45, 7) is 0.801. The van der Waals surface area contributed by atoms with Crippen molar-refractivity contribution >= 4 is 29.1 Å². The summed E-state index contributed by atoms with van der Waals surface area (Å²) in [5.41, 5.74) is 0.643. The summed E-state index contributed by atoms with van der Waals surface area (Å²) in [6, 6.07) is 7.10. The lowest BCUT2D eigenvalue weighted by molar-refractivity contribution is -0.126. The Morgan fingerprint density at radius 3 is 2.90 bits per heavy atom. The van der Waals surface area contributed by atoms with E-state index in [0.29, 0.717) is 30.2 Å². The van der Waals surface area contributed by atoms with E-state index >= 15 is 0 Å². The number of benzene rings is 1. The number of para-hydroxylation sites is 1. The zero-order chi connectivity index (χ0) is 14.5. The quantitative estimate of drug-likeness (QED) is 0.802. The number of carbonyl (C=O) groups is 2. The SMILES string of the molecule is O=C(NCCCO)C1CC(=O)N(c2ccccc2Cl)C1. The van der Waals surface area contributed by atoms with E-state index in [1.165, 1.54) is 0 Å². The van der Waals surface area contributed by atoms with Crippen LogP contribution >= 0.6 is 11.6 Å². The van der Waals surface area contributed by atoms with Crippen molar-refractivity contribution in [2.24, 2.45) is 5.92 Å². The van der Waals surface area contributed by atoms with Gasteiger partial charge in [-0.2, -0.15) is 0 Å². The number of nitrogens with one attached hydrogen (secondary N) is 1. The normalized spacial score (nSPS) is 18.4. The second kappa shape index (κ2) is 6.72. The van der Waals surface area contributed by atoms with Crippen LogP contribution in [0.5, 0.6) is 0 Å². The zero-order valence-corrected chi connectivity index (χ0v) is 11.8. The van der Waals surface area contributed by atoms with Gasteiger partial charge in [-0.05, 0) is 18.6 Å². The Balaban J connectivity index is 2.00. The van der Waals surface area contributed by atoms with Crippen LogP contribution in [-0.4, -0.2) is 36.6 Å². The van der Waals surface area contributed by atoms with Gasteiger partial charge in [0.15, 0.2) is 0 Å². The van der Waals surface area contributed by atoms with E-state index in [1.54, 1.807) is 23.1 Å². The summed E-state index contributed by atoms with van der Waals surface area (Å²) in [4.78, 5) is 25.5. The number of aliphatic hydroxyl groups excluding tert-OH is 1. The topological polar surface area (TPSA) is 69.6 Å². The van der Waals surface area contributed by atoms with Crippen LogP contribution in [0, 0.1) is 5.92 Å². The second-order valence-electron chi connectivity index (χ2n) is 4.72. The monoisotopic (exact) mass is 296 g/mol. The first-order valence-corrected chi connectivity index (χ1v) is 6.94. The molecule has 2 rings (SSSR count). The summed E-state index contributed by atoms with van der Waals surface area (Å²) >= 11 is 6.08. The number of carbonyl (C=O) groups excluding carboxylic acids is 2. The standard InChI is InChI=1S/C14H17ClN2O3/c15-11-4-1-2-5-12(11)17-9-10(8-13(17)19)14(20)16-6-3-7-18/h1-2,4-5,10,18H,3,6-9H2,(H,16,20). The molecule has 1 unspecified atom stereocenters. The van der Waals surface area contributed by atoms with Crippen molar-refractivity contribution in [3.63, 3.8) is 0 Å². The van der Waals surface area contributed by atoms with Gasteiger partial charge in [0.25, 0.3) is 0 Å². The Morgan fingerprint density at radius 1 is 1.45 bits per heavy atom. The first kappa shape index (κ1) is 14.8. The van der Waals surface area contributed by atoms with Gasteiger partial charge in [-0.1, -0.05) is 23.7 Å². The lowest BCUT2D eigenvalue weighted by Gasteiger charge is -2.18. The van der Waals surface area contributed by atoms with Gasteiger partial charge >= 0.3 is 0 Å². The van der Waals surface area contributed by atoms with Crippen molar-refractivity contribution in [2.45, 2.75) is 12.8 Å². The van der Waals surface area contributed by atoms with E-state index < -0.39 is 0 Å². The number of aliphatic hydroxyl groups is 1. The highest BCUT2D eigenvalue weighted by Gasteiger charge is 2.35. The van der Waals surface area contributed by atoms with Crippen molar-refractivity contribution < 1.29 is 14.7 Å². The van der Waals surface area contributed by atoms with Gasteiger partial charge in [-0.15, -0.1) is 0 Å². The molecule has 5 nitrogen and oxygen atoms in total.